The molecule has 3 rings (SSSR count). The highest BCUT2D eigenvalue weighted by Gasteiger charge is 2.30. The minimum atomic E-state index is -0.332. The number of aliphatic imine (C=N–C) groups is 2. The molecule has 2 aliphatic rings. The summed E-state index contributed by atoms with van der Waals surface area (Å²) < 4.78 is 0. The zero-order valence-electron chi connectivity index (χ0n) is 10.6. The van der Waals surface area contributed by atoms with Gasteiger partial charge in [-0.05, 0) is 30.9 Å². The SMILES string of the molecule is O=C1N=C2CCCCC2C(SCc2cccnc2)=N1. The first-order chi connectivity index (χ1) is 9.33. The summed E-state index contributed by atoms with van der Waals surface area (Å²) in [6.45, 7) is 0. The average molecular weight is 273 g/mol. The van der Waals surface area contributed by atoms with Gasteiger partial charge in [-0.1, -0.05) is 12.5 Å². The zero-order chi connectivity index (χ0) is 13.1. The first-order valence-electron chi connectivity index (χ1n) is 6.54. The van der Waals surface area contributed by atoms with Crippen LogP contribution < -0.4 is 0 Å². The zero-order valence-corrected chi connectivity index (χ0v) is 11.4. The summed E-state index contributed by atoms with van der Waals surface area (Å²) in [5, 5.41) is 0.943. The van der Waals surface area contributed by atoms with E-state index in [9.17, 15) is 4.79 Å². The molecule has 0 bridgehead atoms. The molecule has 1 aromatic heterocycles. The number of carbonyl (C=O) groups is 1. The summed E-state index contributed by atoms with van der Waals surface area (Å²) in [4.78, 5) is 23.8. The average Bonchev–Trinajstić information content (AvgIpc) is 2.45. The van der Waals surface area contributed by atoms with E-state index in [1.807, 2.05) is 18.3 Å². The number of hydrogen-bond donors (Lipinski definition) is 0. The Hall–Kier alpha value is -1.49. The maximum atomic E-state index is 11.5. The molecule has 1 aromatic rings. The number of nitrogens with zero attached hydrogens (tertiary/aromatic N) is 3. The molecule has 98 valence electrons. The van der Waals surface area contributed by atoms with E-state index in [4.69, 9.17) is 0 Å². The highest BCUT2D eigenvalue weighted by atomic mass is 32.2. The third-order valence-corrected chi connectivity index (χ3v) is 4.58. The van der Waals surface area contributed by atoms with Crippen LogP contribution in [0, 0.1) is 5.92 Å². The van der Waals surface area contributed by atoms with Gasteiger partial charge in [0, 0.05) is 29.8 Å². The molecular weight excluding hydrogens is 258 g/mol. The molecular formula is C14H15N3OS. The molecule has 2 amide bonds. The Labute approximate surface area is 116 Å². The van der Waals surface area contributed by atoms with E-state index in [-0.39, 0.29) is 11.9 Å². The molecule has 0 N–H and O–H groups in total. The number of pyridine rings is 1. The van der Waals surface area contributed by atoms with Gasteiger partial charge in [-0.3, -0.25) is 4.98 Å². The van der Waals surface area contributed by atoms with Crippen molar-refractivity contribution in [1.29, 1.82) is 0 Å². The summed E-state index contributed by atoms with van der Waals surface area (Å²) in [7, 11) is 0. The van der Waals surface area contributed by atoms with Crippen LogP contribution >= 0.6 is 11.8 Å². The van der Waals surface area contributed by atoms with Crippen molar-refractivity contribution in [3.05, 3.63) is 30.1 Å². The predicted molar refractivity (Wildman–Crippen MR) is 77.8 cm³/mol. The largest absolute Gasteiger partial charge is 0.367 e. The van der Waals surface area contributed by atoms with Crippen molar-refractivity contribution < 1.29 is 4.79 Å². The van der Waals surface area contributed by atoms with Crippen molar-refractivity contribution in [2.75, 3.05) is 0 Å². The lowest BCUT2D eigenvalue weighted by Crippen LogP contribution is -2.30. The van der Waals surface area contributed by atoms with Crippen molar-refractivity contribution in [1.82, 2.24) is 4.98 Å². The quantitative estimate of drug-likeness (QED) is 0.829. The topological polar surface area (TPSA) is 54.7 Å². The number of aromatic nitrogens is 1. The van der Waals surface area contributed by atoms with E-state index in [1.165, 1.54) is 6.42 Å². The highest BCUT2D eigenvalue weighted by Crippen LogP contribution is 2.31. The smallest absolute Gasteiger partial charge is 0.264 e. The maximum absolute atomic E-state index is 11.5. The molecule has 0 aromatic carbocycles. The second-order valence-corrected chi connectivity index (χ2v) is 5.78. The third-order valence-electron chi connectivity index (χ3n) is 3.43. The second kappa shape index (κ2) is 5.65. The molecule has 1 unspecified atom stereocenters. The van der Waals surface area contributed by atoms with Crippen LogP contribution in [0.25, 0.3) is 0 Å². The first kappa shape index (κ1) is 12.5. The van der Waals surface area contributed by atoms with Crippen LogP contribution in [-0.2, 0) is 5.75 Å². The summed E-state index contributed by atoms with van der Waals surface area (Å²) in [5.74, 6) is 1.09. The minimum absolute atomic E-state index is 0.285. The fourth-order valence-electron chi connectivity index (χ4n) is 2.49. The van der Waals surface area contributed by atoms with Gasteiger partial charge in [-0.15, -0.1) is 11.8 Å². The molecule has 5 heteroatoms. The lowest BCUT2D eigenvalue weighted by atomic mass is 9.87. The molecule has 1 atom stereocenters. The van der Waals surface area contributed by atoms with Gasteiger partial charge in [-0.2, -0.15) is 4.99 Å². The van der Waals surface area contributed by atoms with Crippen LogP contribution in [-0.4, -0.2) is 21.8 Å². The van der Waals surface area contributed by atoms with E-state index in [0.29, 0.717) is 0 Å². The number of hydrogen-bond acceptors (Lipinski definition) is 3. The van der Waals surface area contributed by atoms with Crippen LogP contribution in [0.2, 0.25) is 0 Å². The third kappa shape index (κ3) is 2.92. The van der Waals surface area contributed by atoms with Crippen LogP contribution in [0.5, 0.6) is 0 Å². The monoisotopic (exact) mass is 273 g/mol. The molecule has 0 saturated heterocycles. The Bertz CT molecular complexity index is 539. The molecule has 1 saturated carbocycles. The number of urea groups is 1. The number of rotatable bonds is 2. The summed E-state index contributed by atoms with van der Waals surface area (Å²) in [6.07, 6.45) is 7.98. The number of carbonyl (C=O) groups excluding carboxylic acids is 1. The Balaban J connectivity index is 1.71. The van der Waals surface area contributed by atoms with E-state index in [2.05, 4.69) is 15.0 Å². The lowest BCUT2D eigenvalue weighted by Gasteiger charge is -2.26. The Kier molecular flexibility index (Phi) is 3.73. The highest BCUT2D eigenvalue weighted by molar-refractivity contribution is 8.13. The van der Waals surface area contributed by atoms with Gasteiger partial charge >= 0.3 is 6.03 Å². The molecule has 1 aliphatic heterocycles. The van der Waals surface area contributed by atoms with E-state index in [1.54, 1.807) is 18.0 Å². The normalized spacial score (nSPS) is 22.5. The van der Waals surface area contributed by atoms with Gasteiger partial charge in [-0.25, -0.2) is 9.79 Å². The second-order valence-electron chi connectivity index (χ2n) is 4.78. The fourth-order valence-corrected chi connectivity index (χ4v) is 3.57. The molecule has 0 spiro atoms. The van der Waals surface area contributed by atoms with Crippen LogP contribution in [0.3, 0.4) is 0 Å². The summed E-state index contributed by atoms with van der Waals surface area (Å²) in [6, 6.07) is 3.64. The molecule has 19 heavy (non-hydrogen) atoms. The van der Waals surface area contributed by atoms with Gasteiger partial charge in [0.15, 0.2) is 0 Å². The van der Waals surface area contributed by atoms with Gasteiger partial charge in [0.2, 0.25) is 0 Å². The Morgan fingerprint density at radius 3 is 3.11 bits per heavy atom. The number of fused-ring (bicyclic) bond motifs is 1. The van der Waals surface area contributed by atoms with E-state index < -0.39 is 0 Å². The number of amides is 2. The van der Waals surface area contributed by atoms with Gasteiger partial charge < -0.3 is 0 Å². The van der Waals surface area contributed by atoms with Gasteiger partial charge in [0.05, 0.1) is 5.04 Å². The van der Waals surface area contributed by atoms with Crippen molar-refractivity contribution in [2.45, 2.75) is 31.4 Å². The van der Waals surface area contributed by atoms with Crippen molar-refractivity contribution >= 4 is 28.5 Å². The standard InChI is InChI=1S/C14H15N3OS/c18-14-16-12-6-2-1-5-11(12)13(17-14)19-9-10-4-3-7-15-8-10/h3-4,7-8,11H,1-2,5-6,9H2. The molecule has 4 nitrogen and oxygen atoms in total. The van der Waals surface area contributed by atoms with Gasteiger partial charge in [0.1, 0.15) is 0 Å². The summed E-state index contributed by atoms with van der Waals surface area (Å²) in [5.41, 5.74) is 2.20. The van der Waals surface area contributed by atoms with E-state index in [0.717, 1.165) is 41.3 Å². The first-order valence-corrected chi connectivity index (χ1v) is 7.53. The summed E-state index contributed by atoms with van der Waals surface area (Å²) >= 11 is 1.65. The lowest BCUT2D eigenvalue weighted by molar-refractivity contribution is 0.256. The molecule has 0 radical (unpaired) electrons. The van der Waals surface area contributed by atoms with Crippen LogP contribution in [0.4, 0.5) is 4.79 Å². The minimum Gasteiger partial charge on any atom is -0.264 e. The molecule has 1 aliphatic carbocycles. The van der Waals surface area contributed by atoms with Crippen molar-refractivity contribution in [2.24, 2.45) is 15.9 Å². The van der Waals surface area contributed by atoms with Gasteiger partial charge in [0.25, 0.3) is 0 Å². The van der Waals surface area contributed by atoms with E-state index >= 15 is 0 Å². The van der Waals surface area contributed by atoms with Crippen molar-refractivity contribution in [3.8, 4) is 0 Å². The molecule has 1 fully saturated rings. The van der Waals surface area contributed by atoms with Crippen LogP contribution in [0.1, 0.15) is 31.2 Å². The fraction of sp³-hybridized carbons (Fsp3) is 0.429. The van der Waals surface area contributed by atoms with Crippen LogP contribution in [0.15, 0.2) is 34.5 Å². The molecule has 2 heterocycles. The Morgan fingerprint density at radius 1 is 1.32 bits per heavy atom. The predicted octanol–water partition coefficient (Wildman–Crippen LogP) is 3.48. The Morgan fingerprint density at radius 2 is 2.26 bits per heavy atom. The van der Waals surface area contributed by atoms with Crippen molar-refractivity contribution in [3.63, 3.8) is 0 Å². The maximum Gasteiger partial charge on any atom is 0.367 e. The number of thioether (sulfide) groups is 1.